The molecular weight excluding hydrogens is 100 g/mol. The van der Waals surface area contributed by atoms with Crippen molar-refractivity contribution in [1.29, 1.82) is 0 Å². The lowest BCUT2D eigenvalue weighted by atomic mass is 10.3. The second-order valence-electron chi connectivity index (χ2n) is 1.52. The fourth-order valence-corrected chi connectivity index (χ4v) is 0.263. The van der Waals surface area contributed by atoms with Crippen LogP contribution in [0.5, 0.6) is 0 Å². The summed E-state index contributed by atoms with van der Waals surface area (Å²) in [5.74, 6) is 0. The van der Waals surface area contributed by atoms with Crippen molar-refractivity contribution in [2.45, 2.75) is 13.8 Å². The fraction of sp³-hybridized carbons (Fsp3) is 0.429. The number of rotatable bonds is 3. The van der Waals surface area contributed by atoms with Gasteiger partial charge in [0.25, 0.3) is 0 Å². The zero-order valence-electron chi connectivity index (χ0n) is 5.48. The van der Waals surface area contributed by atoms with Gasteiger partial charge in [-0.2, -0.15) is 0 Å². The Bertz CT molecular complexity index is 92.6. The molecule has 0 unspecified atom stereocenters. The summed E-state index contributed by atoms with van der Waals surface area (Å²) < 4.78 is 4.95. The minimum atomic E-state index is 0.727. The first-order valence-corrected chi connectivity index (χ1v) is 2.72. The number of allylic oxidation sites excluding steroid dienone is 2. The molecule has 1 heteroatoms. The van der Waals surface area contributed by atoms with Gasteiger partial charge in [-0.3, -0.25) is 0 Å². The summed E-state index contributed by atoms with van der Waals surface area (Å²) in [7, 11) is 0. The van der Waals surface area contributed by atoms with Crippen LogP contribution in [0.2, 0.25) is 0 Å². The van der Waals surface area contributed by atoms with E-state index >= 15 is 0 Å². The average Bonchev–Trinajstić information content (AvgIpc) is 1.83. The Morgan fingerprint density at radius 1 is 1.75 bits per heavy atom. The van der Waals surface area contributed by atoms with Gasteiger partial charge in [-0.15, -0.1) is 0 Å². The standard InChI is InChI=1S/C7H12O/c1-4-7(3)6-8-5-2/h4,6H,1,5H2,2-3H3/b7-6+. The lowest BCUT2D eigenvalue weighted by molar-refractivity contribution is 0.267. The normalized spacial score (nSPS) is 11.0. The molecule has 0 saturated carbocycles. The Morgan fingerprint density at radius 3 is 2.75 bits per heavy atom. The van der Waals surface area contributed by atoms with E-state index in [1.165, 1.54) is 0 Å². The summed E-state index contributed by atoms with van der Waals surface area (Å²) in [4.78, 5) is 0. The van der Waals surface area contributed by atoms with Crippen LogP contribution in [0.25, 0.3) is 0 Å². The van der Waals surface area contributed by atoms with Crippen LogP contribution in [0.3, 0.4) is 0 Å². The van der Waals surface area contributed by atoms with Crippen molar-refractivity contribution in [3.8, 4) is 0 Å². The van der Waals surface area contributed by atoms with E-state index in [-0.39, 0.29) is 0 Å². The molecule has 0 aliphatic carbocycles. The summed E-state index contributed by atoms with van der Waals surface area (Å²) >= 11 is 0. The van der Waals surface area contributed by atoms with Crippen LogP contribution in [0.1, 0.15) is 13.8 Å². The Hall–Kier alpha value is -0.720. The lowest BCUT2D eigenvalue weighted by Crippen LogP contribution is -1.78. The van der Waals surface area contributed by atoms with E-state index < -0.39 is 0 Å². The highest BCUT2D eigenvalue weighted by atomic mass is 16.5. The molecule has 0 bridgehead atoms. The van der Waals surface area contributed by atoms with Gasteiger partial charge in [0.15, 0.2) is 0 Å². The second kappa shape index (κ2) is 4.44. The SMILES string of the molecule is C=C/C(C)=C/OCC. The zero-order valence-corrected chi connectivity index (χ0v) is 5.48. The van der Waals surface area contributed by atoms with Crippen molar-refractivity contribution < 1.29 is 4.74 Å². The highest BCUT2D eigenvalue weighted by molar-refractivity contribution is 5.09. The Morgan fingerprint density at radius 2 is 2.38 bits per heavy atom. The van der Waals surface area contributed by atoms with Crippen LogP contribution in [-0.4, -0.2) is 6.61 Å². The second-order valence-corrected chi connectivity index (χ2v) is 1.52. The van der Waals surface area contributed by atoms with Crippen LogP contribution in [0.4, 0.5) is 0 Å². The highest BCUT2D eigenvalue weighted by Gasteiger charge is 1.75. The minimum Gasteiger partial charge on any atom is -0.501 e. The van der Waals surface area contributed by atoms with Crippen molar-refractivity contribution in [2.24, 2.45) is 0 Å². The van der Waals surface area contributed by atoms with E-state index in [2.05, 4.69) is 6.58 Å². The van der Waals surface area contributed by atoms with E-state index in [0.29, 0.717) is 0 Å². The summed E-state index contributed by atoms with van der Waals surface area (Å²) in [5, 5.41) is 0. The maximum atomic E-state index is 4.95. The van der Waals surface area contributed by atoms with Crippen molar-refractivity contribution in [3.63, 3.8) is 0 Å². The molecule has 0 saturated heterocycles. The van der Waals surface area contributed by atoms with Gasteiger partial charge in [0, 0.05) is 0 Å². The first kappa shape index (κ1) is 7.28. The molecule has 0 aromatic carbocycles. The van der Waals surface area contributed by atoms with Crippen LogP contribution in [-0.2, 0) is 4.74 Å². The summed E-state index contributed by atoms with van der Waals surface area (Å²) in [6.07, 6.45) is 3.46. The third kappa shape index (κ3) is 3.47. The first-order chi connectivity index (χ1) is 3.81. The molecule has 0 aliphatic heterocycles. The van der Waals surface area contributed by atoms with Gasteiger partial charge in [-0.05, 0) is 19.4 Å². The molecule has 0 radical (unpaired) electrons. The summed E-state index contributed by atoms with van der Waals surface area (Å²) in [6, 6.07) is 0. The van der Waals surface area contributed by atoms with E-state index in [4.69, 9.17) is 4.74 Å². The molecular formula is C7H12O. The molecule has 8 heavy (non-hydrogen) atoms. The van der Waals surface area contributed by atoms with Gasteiger partial charge in [0.2, 0.25) is 0 Å². The molecule has 0 N–H and O–H groups in total. The predicted molar refractivity (Wildman–Crippen MR) is 35.6 cm³/mol. The molecule has 0 atom stereocenters. The smallest absolute Gasteiger partial charge is 0.0857 e. The number of ether oxygens (including phenoxy) is 1. The van der Waals surface area contributed by atoms with Gasteiger partial charge in [-0.25, -0.2) is 0 Å². The van der Waals surface area contributed by atoms with Crippen molar-refractivity contribution in [2.75, 3.05) is 6.61 Å². The third-order valence-electron chi connectivity index (χ3n) is 0.758. The van der Waals surface area contributed by atoms with E-state index in [0.717, 1.165) is 12.2 Å². The predicted octanol–water partition coefficient (Wildman–Crippen LogP) is 2.11. The molecule has 0 rings (SSSR count). The maximum Gasteiger partial charge on any atom is 0.0857 e. The van der Waals surface area contributed by atoms with Crippen LogP contribution >= 0.6 is 0 Å². The molecule has 0 aromatic rings. The van der Waals surface area contributed by atoms with Crippen molar-refractivity contribution in [3.05, 3.63) is 24.5 Å². The van der Waals surface area contributed by atoms with Crippen LogP contribution in [0, 0.1) is 0 Å². The molecule has 0 aliphatic rings. The maximum absolute atomic E-state index is 4.95. The number of hydrogen-bond acceptors (Lipinski definition) is 1. The van der Waals surface area contributed by atoms with Crippen LogP contribution in [0.15, 0.2) is 24.5 Å². The highest BCUT2D eigenvalue weighted by Crippen LogP contribution is 1.91. The van der Waals surface area contributed by atoms with Crippen molar-refractivity contribution in [1.82, 2.24) is 0 Å². The Labute approximate surface area is 50.7 Å². The molecule has 0 fully saturated rings. The van der Waals surface area contributed by atoms with Crippen molar-refractivity contribution >= 4 is 0 Å². The lowest BCUT2D eigenvalue weighted by Gasteiger charge is -1.92. The van der Waals surface area contributed by atoms with E-state index in [1.807, 2.05) is 13.8 Å². The van der Waals surface area contributed by atoms with Gasteiger partial charge < -0.3 is 4.74 Å². The molecule has 0 amide bonds. The first-order valence-electron chi connectivity index (χ1n) is 2.72. The minimum absolute atomic E-state index is 0.727. The largest absolute Gasteiger partial charge is 0.501 e. The monoisotopic (exact) mass is 112 g/mol. The zero-order chi connectivity index (χ0) is 6.41. The summed E-state index contributed by atoms with van der Waals surface area (Å²) in [6.45, 7) is 8.19. The Balaban J connectivity index is 3.40. The quantitative estimate of drug-likeness (QED) is 0.401. The van der Waals surface area contributed by atoms with Gasteiger partial charge >= 0.3 is 0 Å². The van der Waals surface area contributed by atoms with Gasteiger partial charge in [-0.1, -0.05) is 12.7 Å². The fourth-order valence-electron chi connectivity index (χ4n) is 0.263. The topological polar surface area (TPSA) is 9.23 Å². The van der Waals surface area contributed by atoms with Gasteiger partial charge in [0.05, 0.1) is 12.9 Å². The summed E-state index contributed by atoms with van der Waals surface area (Å²) in [5.41, 5.74) is 1.06. The molecule has 1 nitrogen and oxygen atoms in total. The van der Waals surface area contributed by atoms with E-state index in [1.54, 1.807) is 12.3 Å². The number of hydrogen-bond donors (Lipinski definition) is 0. The molecule has 0 spiro atoms. The van der Waals surface area contributed by atoms with Gasteiger partial charge in [0.1, 0.15) is 0 Å². The third-order valence-corrected chi connectivity index (χ3v) is 0.758. The molecule has 0 aromatic heterocycles. The molecule has 46 valence electrons. The Kier molecular flexibility index (Phi) is 4.04. The molecule has 0 heterocycles. The average molecular weight is 112 g/mol. The van der Waals surface area contributed by atoms with E-state index in [9.17, 15) is 0 Å². The van der Waals surface area contributed by atoms with Crippen LogP contribution < -0.4 is 0 Å².